The van der Waals surface area contributed by atoms with E-state index in [9.17, 15) is 13.6 Å². The Hall–Kier alpha value is -4.14. The molecule has 1 N–H and O–H groups in total. The van der Waals surface area contributed by atoms with Crippen LogP contribution in [0.4, 0.5) is 8.78 Å². The Morgan fingerprint density at radius 1 is 1.09 bits per heavy atom. The lowest BCUT2D eigenvalue weighted by molar-refractivity contribution is -0.121. The second-order valence-electron chi connectivity index (χ2n) is 6.85. The van der Waals surface area contributed by atoms with Crippen LogP contribution in [-0.2, 0) is 17.8 Å². The molecule has 32 heavy (non-hydrogen) atoms. The largest absolute Gasteiger partial charge is 0.453 e. The van der Waals surface area contributed by atoms with Crippen LogP contribution in [0.1, 0.15) is 17.9 Å². The molecule has 1 amide bonds. The van der Waals surface area contributed by atoms with Gasteiger partial charge in [-0.25, -0.2) is 8.78 Å². The summed E-state index contributed by atoms with van der Waals surface area (Å²) in [6, 6.07) is 13.5. The molecule has 0 saturated heterocycles. The average Bonchev–Trinajstić information content (AvgIpc) is 3.28. The van der Waals surface area contributed by atoms with Crippen LogP contribution in [-0.4, -0.2) is 21.0 Å². The summed E-state index contributed by atoms with van der Waals surface area (Å²) in [5, 5.41) is 6.56. The standard InChI is InChI=1S/C23H18F2N4O3/c24-17-6-4-16(5-7-17)23-28-22(32-29-23)10-9-21(30)27-13-15-3-8-20(19(25)12-15)31-18-2-1-11-26-14-18/h1-8,11-12,14H,9-10,13H2,(H,27,30). The van der Waals surface area contributed by atoms with Crippen LogP contribution in [0.3, 0.4) is 0 Å². The fourth-order valence-corrected chi connectivity index (χ4v) is 2.85. The van der Waals surface area contributed by atoms with E-state index in [1.165, 1.54) is 30.5 Å². The molecule has 4 aromatic rings. The van der Waals surface area contributed by atoms with Gasteiger partial charge in [0.1, 0.15) is 11.6 Å². The highest BCUT2D eigenvalue weighted by atomic mass is 19.1. The molecule has 0 atom stereocenters. The molecule has 9 heteroatoms. The first-order valence-electron chi connectivity index (χ1n) is 9.78. The quantitative estimate of drug-likeness (QED) is 0.439. The zero-order chi connectivity index (χ0) is 22.3. The molecule has 0 bridgehead atoms. The van der Waals surface area contributed by atoms with Gasteiger partial charge in [0.15, 0.2) is 11.6 Å². The van der Waals surface area contributed by atoms with Crippen LogP contribution in [0, 0.1) is 11.6 Å². The Morgan fingerprint density at radius 2 is 1.94 bits per heavy atom. The highest BCUT2D eigenvalue weighted by Gasteiger charge is 2.12. The molecule has 2 aromatic heterocycles. The van der Waals surface area contributed by atoms with Crippen LogP contribution < -0.4 is 10.1 Å². The SMILES string of the molecule is O=C(CCc1nc(-c2ccc(F)cc2)no1)NCc1ccc(Oc2cccnc2)c(F)c1. The number of nitrogens with zero attached hydrogens (tertiary/aromatic N) is 3. The van der Waals surface area contributed by atoms with Gasteiger partial charge in [-0.15, -0.1) is 0 Å². The molecule has 0 aliphatic carbocycles. The van der Waals surface area contributed by atoms with E-state index >= 15 is 0 Å². The van der Waals surface area contributed by atoms with E-state index in [4.69, 9.17) is 9.26 Å². The molecule has 4 rings (SSSR count). The topological polar surface area (TPSA) is 90.1 Å². The fraction of sp³-hybridized carbons (Fsp3) is 0.130. The third-order valence-electron chi connectivity index (χ3n) is 4.48. The summed E-state index contributed by atoms with van der Waals surface area (Å²) in [7, 11) is 0. The minimum atomic E-state index is -0.542. The highest BCUT2D eigenvalue weighted by Crippen LogP contribution is 2.24. The second kappa shape index (κ2) is 9.78. The Bertz CT molecular complexity index is 1200. The van der Waals surface area contributed by atoms with E-state index in [2.05, 4.69) is 20.4 Å². The molecule has 7 nitrogen and oxygen atoms in total. The Labute approximate surface area is 182 Å². The summed E-state index contributed by atoms with van der Waals surface area (Å²) in [6.45, 7) is 0.160. The van der Waals surface area contributed by atoms with Gasteiger partial charge in [-0.05, 0) is 54.1 Å². The second-order valence-corrected chi connectivity index (χ2v) is 6.85. The molecule has 2 heterocycles. The molecule has 2 aromatic carbocycles. The normalized spacial score (nSPS) is 10.7. The van der Waals surface area contributed by atoms with E-state index in [1.54, 1.807) is 36.5 Å². The summed E-state index contributed by atoms with van der Waals surface area (Å²) in [4.78, 5) is 20.2. The van der Waals surface area contributed by atoms with Crippen LogP contribution in [0.25, 0.3) is 11.4 Å². The van der Waals surface area contributed by atoms with Crippen molar-refractivity contribution in [2.45, 2.75) is 19.4 Å². The van der Waals surface area contributed by atoms with Crippen molar-refractivity contribution in [3.05, 3.63) is 90.1 Å². The number of aromatic nitrogens is 3. The summed E-state index contributed by atoms with van der Waals surface area (Å²) in [5.74, 6) is -0.0310. The average molecular weight is 436 g/mol. The van der Waals surface area contributed by atoms with Crippen molar-refractivity contribution >= 4 is 5.91 Å². The number of amides is 1. The molecule has 0 radical (unpaired) electrons. The number of hydrogen-bond acceptors (Lipinski definition) is 6. The number of hydrogen-bond donors (Lipinski definition) is 1. The van der Waals surface area contributed by atoms with Gasteiger partial charge in [-0.3, -0.25) is 9.78 Å². The number of ether oxygens (including phenoxy) is 1. The van der Waals surface area contributed by atoms with Gasteiger partial charge in [0, 0.05) is 31.1 Å². The third kappa shape index (κ3) is 5.51. The number of carbonyl (C=O) groups excluding carboxylic acids is 1. The lowest BCUT2D eigenvalue weighted by Crippen LogP contribution is -2.23. The number of pyridine rings is 1. The van der Waals surface area contributed by atoms with Crippen LogP contribution in [0.15, 0.2) is 71.5 Å². The smallest absolute Gasteiger partial charge is 0.227 e. The zero-order valence-corrected chi connectivity index (χ0v) is 16.8. The Balaban J connectivity index is 1.26. The van der Waals surface area contributed by atoms with Crippen LogP contribution in [0.2, 0.25) is 0 Å². The molecular formula is C23H18F2N4O3. The van der Waals surface area contributed by atoms with Crippen molar-refractivity contribution in [1.82, 2.24) is 20.4 Å². The predicted octanol–water partition coefficient (Wildman–Crippen LogP) is 4.45. The number of rotatable bonds is 8. The van der Waals surface area contributed by atoms with E-state index < -0.39 is 5.82 Å². The van der Waals surface area contributed by atoms with Gasteiger partial charge in [0.05, 0.1) is 6.20 Å². The predicted molar refractivity (Wildman–Crippen MR) is 111 cm³/mol. The molecule has 162 valence electrons. The van der Waals surface area contributed by atoms with Crippen molar-refractivity contribution < 1.29 is 22.8 Å². The summed E-state index contributed by atoms with van der Waals surface area (Å²) in [6.07, 6.45) is 3.44. The van der Waals surface area contributed by atoms with E-state index in [0.29, 0.717) is 28.6 Å². The lowest BCUT2D eigenvalue weighted by atomic mass is 10.2. The number of aryl methyl sites for hydroxylation is 1. The molecule has 0 fully saturated rings. The maximum atomic E-state index is 14.3. The molecular weight excluding hydrogens is 418 g/mol. The molecule has 0 aliphatic heterocycles. The van der Waals surface area contributed by atoms with Gasteiger partial charge in [0.2, 0.25) is 17.6 Å². The monoisotopic (exact) mass is 436 g/mol. The Kier molecular flexibility index (Phi) is 6.45. The van der Waals surface area contributed by atoms with E-state index in [-0.39, 0.29) is 36.9 Å². The van der Waals surface area contributed by atoms with Gasteiger partial charge in [-0.1, -0.05) is 11.2 Å². The van der Waals surface area contributed by atoms with Gasteiger partial charge in [-0.2, -0.15) is 4.98 Å². The van der Waals surface area contributed by atoms with Gasteiger partial charge < -0.3 is 14.6 Å². The molecule has 0 saturated carbocycles. The summed E-state index contributed by atoms with van der Waals surface area (Å²) >= 11 is 0. The van der Waals surface area contributed by atoms with Gasteiger partial charge >= 0.3 is 0 Å². The first kappa shape index (κ1) is 21.1. The molecule has 0 spiro atoms. The summed E-state index contributed by atoms with van der Waals surface area (Å²) < 4.78 is 37.9. The first-order valence-corrected chi connectivity index (χ1v) is 9.78. The third-order valence-corrected chi connectivity index (χ3v) is 4.48. The maximum Gasteiger partial charge on any atom is 0.227 e. The first-order chi connectivity index (χ1) is 15.6. The van der Waals surface area contributed by atoms with Crippen molar-refractivity contribution in [2.75, 3.05) is 0 Å². The number of nitrogens with one attached hydrogen (secondary N) is 1. The Morgan fingerprint density at radius 3 is 2.69 bits per heavy atom. The maximum absolute atomic E-state index is 14.3. The minimum Gasteiger partial charge on any atom is -0.453 e. The summed E-state index contributed by atoms with van der Waals surface area (Å²) in [5.41, 5.74) is 1.20. The van der Waals surface area contributed by atoms with Crippen LogP contribution in [0.5, 0.6) is 11.5 Å². The zero-order valence-electron chi connectivity index (χ0n) is 16.8. The van der Waals surface area contributed by atoms with Crippen molar-refractivity contribution in [1.29, 1.82) is 0 Å². The van der Waals surface area contributed by atoms with Crippen molar-refractivity contribution in [3.8, 4) is 22.9 Å². The van der Waals surface area contributed by atoms with Gasteiger partial charge in [0.25, 0.3) is 0 Å². The number of carbonyl (C=O) groups is 1. The fourth-order valence-electron chi connectivity index (χ4n) is 2.85. The van der Waals surface area contributed by atoms with E-state index in [1.807, 2.05) is 0 Å². The lowest BCUT2D eigenvalue weighted by Gasteiger charge is -2.09. The molecule has 0 aliphatic rings. The number of benzene rings is 2. The van der Waals surface area contributed by atoms with E-state index in [0.717, 1.165) is 0 Å². The van der Waals surface area contributed by atoms with Crippen molar-refractivity contribution in [2.24, 2.45) is 0 Å². The molecule has 0 unspecified atom stereocenters. The number of halogens is 2. The highest BCUT2D eigenvalue weighted by molar-refractivity contribution is 5.76. The van der Waals surface area contributed by atoms with Crippen LogP contribution >= 0.6 is 0 Å². The minimum absolute atomic E-state index is 0.0708. The van der Waals surface area contributed by atoms with Crippen molar-refractivity contribution in [3.63, 3.8) is 0 Å².